The molecule has 4 aromatic rings. The Morgan fingerprint density at radius 2 is 1.00 bits per heavy atom. The molecule has 0 bridgehead atoms. The van der Waals surface area contributed by atoms with E-state index in [0.717, 1.165) is 0 Å². The average Bonchev–Trinajstić information content (AvgIpc) is 2.79. The van der Waals surface area contributed by atoms with Crippen LogP contribution in [0.5, 0.6) is 0 Å². The molecule has 168 valence electrons. The summed E-state index contributed by atoms with van der Waals surface area (Å²) in [5.41, 5.74) is 8.37. The Morgan fingerprint density at radius 3 is 1.52 bits per heavy atom. The van der Waals surface area contributed by atoms with Crippen LogP contribution in [0.3, 0.4) is 0 Å². The highest BCUT2D eigenvalue weighted by Gasteiger charge is 2.25. The zero-order chi connectivity index (χ0) is 23.6. The average molecular weight is 546 g/mol. The van der Waals surface area contributed by atoms with Gasteiger partial charge in [-0.3, -0.25) is 0 Å². The first-order valence-electron chi connectivity index (χ1n) is 11.7. The van der Waals surface area contributed by atoms with Gasteiger partial charge in [0.1, 0.15) is 0 Å². The lowest BCUT2D eigenvalue weighted by Gasteiger charge is -2.20. The third-order valence-electron chi connectivity index (χ3n) is 6.06. The molecule has 1 heteroatoms. The molecule has 0 spiro atoms. The van der Waals surface area contributed by atoms with E-state index in [2.05, 4.69) is 139 Å². The molecule has 0 aliphatic heterocycles. The van der Waals surface area contributed by atoms with E-state index >= 15 is 0 Å². The Hall–Kier alpha value is -2.39. The third kappa shape index (κ3) is 5.58. The quantitative estimate of drug-likeness (QED) is 0.287. The van der Waals surface area contributed by atoms with Crippen molar-refractivity contribution in [2.24, 2.45) is 0 Å². The largest absolute Gasteiger partial charge is 0.358 e. The van der Waals surface area contributed by atoms with Gasteiger partial charge in [-0.1, -0.05) is 120 Å². The van der Waals surface area contributed by atoms with Crippen LogP contribution in [0.4, 0.5) is 0 Å². The molecule has 0 aliphatic carbocycles. The predicted octanol–water partition coefficient (Wildman–Crippen LogP) is 5.74. The number of halogens is 1. The molecule has 0 fully saturated rings. The first-order chi connectivity index (χ1) is 15.6. The molecular formula is C32H34I+. The molecule has 0 amide bonds. The SMILES string of the molecule is CC(C)(C)c1ccc(-c2cccc([I+]c3ccccc3)c2-c2ccc(C(C)(C)C)cc2)cc1. The van der Waals surface area contributed by atoms with Gasteiger partial charge in [0.25, 0.3) is 0 Å². The highest BCUT2D eigenvalue weighted by Crippen LogP contribution is 2.34. The van der Waals surface area contributed by atoms with Crippen molar-refractivity contribution in [1.82, 2.24) is 0 Å². The van der Waals surface area contributed by atoms with Crippen LogP contribution < -0.4 is 21.2 Å². The molecule has 4 aromatic carbocycles. The zero-order valence-corrected chi connectivity index (χ0v) is 22.8. The van der Waals surface area contributed by atoms with Gasteiger partial charge in [0, 0.05) is 5.56 Å². The number of rotatable bonds is 4. The Labute approximate surface area is 210 Å². The van der Waals surface area contributed by atoms with Crippen LogP contribution in [0.1, 0.15) is 52.7 Å². The fraction of sp³-hybridized carbons (Fsp3) is 0.250. The van der Waals surface area contributed by atoms with Gasteiger partial charge in [-0.15, -0.1) is 0 Å². The summed E-state index contributed by atoms with van der Waals surface area (Å²) in [6.07, 6.45) is 0. The second-order valence-corrected chi connectivity index (χ2v) is 13.7. The first kappa shape index (κ1) is 23.8. The van der Waals surface area contributed by atoms with Crippen molar-refractivity contribution in [2.45, 2.75) is 52.4 Å². The van der Waals surface area contributed by atoms with Gasteiger partial charge in [-0.25, -0.2) is 0 Å². The number of hydrogen-bond donors (Lipinski definition) is 0. The summed E-state index contributed by atoms with van der Waals surface area (Å²) in [4.78, 5) is 0. The summed E-state index contributed by atoms with van der Waals surface area (Å²) in [5, 5.41) is 0. The molecule has 0 atom stereocenters. The van der Waals surface area contributed by atoms with E-state index in [1.807, 2.05) is 0 Å². The van der Waals surface area contributed by atoms with Crippen molar-refractivity contribution < 1.29 is 21.2 Å². The van der Waals surface area contributed by atoms with Crippen molar-refractivity contribution in [3.63, 3.8) is 0 Å². The maximum Gasteiger partial charge on any atom is 0.358 e. The Bertz CT molecular complexity index is 1200. The van der Waals surface area contributed by atoms with Gasteiger partial charge in [0.15, 0.2) is 3.57 Å². The Kier molecular flexibility index (Phi) is 6.81. The summed E-state index contributed by atoms with van der Waals surface area (Å²) in [5.74, 6) is 0. The van der Waals surface area contributed by atoms with Gasteiger partial charge in [0.2, 0.25) is 3.57 Å². The molecule has 0 saturated carbocycles. The van der Waals surface area contributed by atoms with Crippen LogP contribution in [-0.2, 0) is 10.8 Å². The second kappa shape index (κ2) is 9.46. The van der Waals surface area contributed by atoms with E-state index in [-0.39, 0.29) is 32.0 Å². The van der Waals surface area contributed by atoms with Crippen LogP contribution in [0.15, 0.2) is 97.1 Å². The van der Waals surface area contributed by atoms with Crippen LogP contribution in [0, 0.1) is 7.14 Å². The van der Waals surface area contributed by atoms with Crippen LogP contribution in [0.2, 0.25) is 0 Å². The van der Waals surface area contributed by atoms with E-state index in [1.165, 1.54) is 40.5 Å². The molecule has 0 nitrogen and oxygen atoms in total. The lowest BCUT2D eigenvalue weighted by Crippen LogP contribution is -3.61. The van der Waals surface area contributed by atoms with Gasteiger partial charge in [-0.2, -0.15) is 0 Å². The minimum Gasteiger partial charge on any atom is -0.0619 e. The minimum absolute atomic E-state index is 0.153. The number of hydrogen-bond acceptors (Lipinski definition) is 0. The molecule has 0 N–H and O–H groups in total. The topological polar surface area (TPSA) is 0 Å². The summed E-state index contributed by atoms with van der Waals surface area (Å²) >= 11 is -0.284. The van der Waals surface area contributed by atoms with Crippen molar-refractivity contribution in [1.29, 1.82) is 0 Å². The van der Waals surface area contributed by atoms with E-state index in [1.54, 1.807) is 0 Å². The molecule has 4 rings (SSSR count). The fourth-order valence-corrected chi connectivity index (χ4v) is 6.72. The highest BCUT2D eigenvalue weighted by molar-refractivity contribution is 5.83. The summed E-state index contributed by atoms with van der Waals surface area (Å²) in [6, 6.07) is 36.2. The molecular weight excluding hydrogens is 511 g/mol. The minimum atomic E-state index is -0.284. The maximum atomic E-state index is 2.33. The van der Waals surface area contributed by atoms with Crippen LogP contribution in [0.25, 0.3) is 22.3 Å². The Balaban J connectivity index is 1.85. The predicted molar refractivity (Wildman–Crippen MR) is 139 cm³/mol. The molecule has 0 unspecified atom stereocenters. The van der Waals surface area contributed by atoms with Crippen molar-refractivity contribution in [3.05, 3.63) is 115 Å². The fourth-order valence-electron chi connectivity index (χ4n) is 4.02. The van der Waals surface area contributed by atoms with Gasteiger partial charge < -0.3 is 0 Å². The monoisotopic (exact) mass is 545 g/mol. The molecule has 0 aliphatic rings. The van der Waals surface area contributed by atoms with Crippen molar-refractivity contribution in [2.75, 3.05) is 0 Å². The van der Waals surface area contributed by atoms with Gasteiger partial charge >= 0.3 is 21.2 Å². The van der Waals surface area contributed by atoms with Crippen LogP contribution >= 0.6 is 0 Å². The molecule has 0 saturated heterocycles. The Morgan fingerprint density at radius 1 is 0.485 bits per heavy atom. The third-order valence-corrected chi connectivity index (χ3v) is 8.88. The second-order valence-electron chi connectivity index (χ2n) is 10.7. The normalized spacial score (nSPS) is 12.1. The first-order valence-corrected chi connectivity index (χ1v) is 13.8. The lowest BCUT2D eigenvalue weighted by atomic mass is 9.84. The highest BCUT2D eigenvalue weighted by atomic mass is 127. The smallest absolute Gasteiger partial charge is 0.0619 e. The van der Waals surface area contributed by atoms with Gasteiger partial charge in [-0.05, 0) is 56.8 Å². The van der Waals surface area contributed by atoms with E-state index in [9.17, 15) is 0 Å². The molecule has 0 heterocycles. The van der Waals surface area contributed by atoms with Gasteiger partial charge in [0.05, 0.1) is 0 Å². The van der Waals surface area contributed by atoms with Crippen molar-refractivity contribution >= 4 is 0 Å². The molecule has 0 aromatic heterocycles. The van der Waals surface area contributed by atoms with Crippen molar-refractivity contribution in [3.8, 4) is 22.3 Å². The van der Waals surface area contributed by atoms with E-state index < -0.39 is 0 Å². The summed E-state index contributed by atoms with van der Waals surface area (Å²) in [7, 11) is 0. The molecule has 33 heavy (non-hydrogen) atoms. The van der Waals surface area contributed by atoms with Crippen LogP contribution in [-0.4, -0.2) is 0 Å². The lowest BCUT2D eigenvalue weighted by molar-refractivity contribution is -0.596. The maximum absolute atomic E-state index is 2.33. The number of benzene rings is 4. The zero-order valence-electron chi connectivity index (χ0n) is 20.6. The van der Waals surface area contributed by atoms with E-state index in [4.69, 9.17) is 0 Å². The standard InChI is InChI=1S/C32H34I/c1-31(2,3)25-19-15-23(16-20-25)28-13-10-14-29(33-27-11-8-7-9-12-27)30(28)24-17-21-26(22-18-24)32(4,5)6/h7-22H,1-6H3/q+1. The summed E-state index contributed by atoms with van der Waals surface area (Å²) < 4.78 is 2.92. The van der Waals surface area contributed by atoms with E-state index in [0.29, 0.717) is 0 Å². The molecule has 0 radical (unpaired) electrons. The summed E-state index contributed by atoms with van der Waals surface area (Å²) in [6.45, 7) is 13.6.